The van der Waals surface area contributed by atoms with Crippen molar-refractivity contribution in [2.45, 2.75) is 80.1 Å². The minimum Gasteiger partial charge on any atom is -0.0730 e. The average Bonchev–Trinajstić information content (AvgIpc) is 2.42. The molecule has 0 radical (unpaired) electrons. The number of hydrogen-bond donors (Lipinski definition) is 0. The molecule has 1 aliphatic rings. The van der Waals surface area contributed by atoms with Crippen LogP contribution in [0.4, 0.5) is 0 Å². The summed E-state index contributed by atoms with van der Waals surface area (Å²) in [5.74, 6) is 3.38. The predicted octanol–water partition coefficient (Wildman–Crippen LogP) is 6.78. The van der Waals surface area contributed by atoms with E-state index in [9.17, 15) is 0 Å². The molecule has 0 saturated heterocycles. The zero-order chi connectivity index (χ0) is 15.1. The van der Waals surface area contributed by atoms with Gasteiger partial charge in [-0.25, -0.2) is 0 Å². The van der Waals surface area contributed by atoms with Gasteiger partial charge in [0.15, 0.2) is 0 Å². The summed E-state index contributed by atoms with van der Waals surface area (Å²) in [6.07, 6.45) is 12.8. The third-order valence-corrected chi connectivity index (χ3v) is 5.25. The number of hydrogen-bond acceptors (Lipinski definition) is 0. The number of allylic oxidation sites excluding steroid dienone is 4. The van der Waals surface area contributed by atoms with Crippen LogP contribution in [0.25, 0.3) is 0 Å². The molecule has 0 amide bonds. The Morgan fingerprint density at radius 1 is 0.800 bits per heavy atom. The maximum atomic E-state index is 2.46. The molecule has 0 fully saturated rings. The highest BCUT2D eigenvalue weighted by Gasteiger charge is 2.16. The first-order valence-electron chi connectivity index (χ1n) is 8.76. The Balaban J connectivity index is 2.31. The van der Waals surface area contributed by atoms with Crippen LogP contribution in [0.3, 0.4) is 0 Å². The maximum Gasteiger partial charge on any atom is -0.0228 e. The van der Waals surface area contributed by atoms with Gasteiger partial charge in [-0.1, -0.05) is 70.8 Å². The van der Waals surface area contributed by atoms with E-state index in [2.05, 4.69) is 53.7 Å². The Kier molecular flexibility index (Phi) is 7.62. The summed E-state index contributed by atoms with van der Waals surface area (Å²) in [6.45, 7) is 14.2. The van der Waals surface area contributed by atoms with Crippen molar-refractivity contribution in [3.63, 3.8) is 0 Å². The fourth-order valence-corrected chi connectivity index (χ4v) is 3.03. The zero-order valence-corrected chi connectivity index (χ0v) is 14.7. The summed E-state index contributed by atoms with van der Waals surface area (Å²) in [7, 11) is 0. The number of rotatable bonds is 8. The standard InChI is InChI=1S/C20H36/c1-15(2)7-10-17(4)18(5)11-12-19(6)20-13-8-16(3)9-14-20/h8,13,15,17-19H,7,9-12,14H2,1-6H3. The van der Waals surface area contributed by atoms with Gasteiger partial charge in [0.25, 0.3) is 0 Å². The molecule has 0 heteroatoms. The minimum atomic E-state index is 0.777. The zero-order valence-electron chi connectivity index (χ0n) is 14.7. The van der Waals surface area contributed by atoms with Gasteiger partial charge >= 0.3 is 0 Å². The second-order valence-electron chi connectivity index (χ2n) is 7.66. The van der Waals surface area contributed by atoms with E-state index in [0.29, 0.717) is 0 Å². The highest BCUT2D eigenvalue weighted by atomic mass is 14.2. The third kappa shape index (κ3) is 6.29. The lowest BCUT2D eigenvalue weighted by molar-refractivity contribution is 0.305. The van der Waals surface area contributed by atoms with Crippen molar-refractivity contribution >= 4 is 0 Å². The Hall–Kier alpha value is -0.520. The second-order valence-corrected chi connectivity index (χ2v) is 7.66. The molecule has 0 aromatic heterocycles. The molecule has 20 heavy (non-hydrogen) atoms. The van der Waals surface area contributed by atoms with E-state index in [-0.39, 0.29) is 0 Å². The van der Waals surface area contributed by atoms with Crippen molar-refractivity contribution in [1.29, 1.82) is 0 Å². The van der Waals surface area contributed by atoms with Gasteiger partial charge in [-0.05, 0) is 56.3 Å². The molecular formula is C20H36. The van der Waals surface area contributed by atoms with Crippen molar-refractivity contribution in [1.82, 2.24) is 0 Å². The molecule has 0 saturated carbocycles. The molecule has 0 aromatic rings. The van der Waals surface area contributed by atoms with Crippen LogP contribution in [0.15, 0.2) is 23.3 Å². The van der Waals surface area contributed by atoms with E-state index < -0.39 is 0 Å². The molecule has 1 rings (SSSR count). The van der Waals surface area contributed by atoms with Crippen molar-refractivity contribution in [2.24, 2.45) is 23.7 Å². The lowest BCUT2D eigenvalue weighted by Gasteiger charge is -2.24. The van der Waals surface area contributed by atoms with Crippen LogP contribution in [0, 0.1) is 23.7 Å². The summed E-state index contributed by atoms with van der Waals surface area (Å²) in [5.41, 5.74) is 3.22. The Morgan fingerprint density at radius 2 is 1.40 bits per heavy atom. The molecule has 0 heterocycles. The Labute approximate surface area is 127 Å². The van der Waals surface area contributed by atoms with Crippen LogP contribution in [0.5, 0.6) is 0 Å². The summed E-state index contributed by atoms with van der Waals surface area (Å²) in [5, 5.41) is 0. The lowest BCUT2D eigenvalue weighted by atomic mass is 9.82. The highest BCUT2D eigenvalue weighted by molar-refractivity contribution is 5.24. The fourth-order valence-electron chi connectivity index (χ4n) is 3.03. The van der Waals surface area contributed by atoms with E-state index >= 15 is 0 Å². The van der Waals surface area contributed by atoms with Crippen molar-refractivity contribution < 1.29 is 0 Å². The first-order valence-corrected chi connectivity index (χ1v) is 8.76. The monoisotopic (exact) mass is 276 g/mol. The topological polar surface area (TPSA) is 0 Å². The van der Waals surface area contributed by atoms with E-state index in [0.717, 1.165) is 23.7 Å². The summed E-state index contributed by atoms with van der Waals surface area (Å²) in [4.78, 5) is 0. The highest BCUT2D eigenvalue weighted by Crippen LogP contribution is 2.30. The van der Waals surface area contributed by atoms with Gasteiger partial charge in [0, 0.05) is 0 Å². The molecule has 0 aromatic carbocycles. The fraction of sp³-hybridized carbons (Fsp3) is 0.800. The smallest absolute Gasteiger partial charge is 0.0228 e. The van der Waals surface area contributed by atoms with E-state index in [1.54, 1.807) is 5.57 Å². The summed E-state index contributed by atoms with van der Waals surface area (Å²) in [6, 6.07) is 0. The second kappa shape index (κ2) is 8.70. The summed E-state index contributed by atoms with van der Waals surface area (Å²) < 4.78 is 0. The SMILES string of the molecule is CC1=CC=C(C(C)CCC(C)C(C)CCC(C)C)CC1. The maximum absolute atomic E-state index is 2.46. The largest absolute Gasteiger partial charge is 0.0730 e. The van der Waals surface area contributed by atoms with Gasteiger partial charge in [-0.15, -0.1) is 0 Å². The molecule has 0 N–H and O–H groups in total. The third-order valence-electron chi connectivity index (χ3n) is 5.25. The van der Waals surface area contributed by atoms with E-state index in [4.69, 9.17) is 0 Å². The van der Waals surface area contributed by atoms with E-state index in [1.165, 1.54) is 44.1 Å². The molecule has 0 nitrogen and oxygen atoms in total. The van der Waals surface area contributed by atoms with Crippen molar-refractivity contribution in [3.05, 3.63) is 23.3 Å². The minimum absolute atomic E-state index is 0.777. The van der Waals surface area contributed by atoms with Crippen LogP contribution in [0.2, 0.25) is 0 Å². The Bertz CT molecular complexity index is 332. The predicted molar refractivity (Wildman–Crippen MR) is 91.9 cm³/mol. The van der Waals surface area contributed by atoms with Gasteiger partial charge < -0.3 is 0 Å². The molecule has 116 valence electrons. The summed E-state index contributed by atoms with van der Waals surface area (Å²) >= 11 is 0. The van der Waals surface area contributed by atoms with Crippen LogP contribution in [-0.4, -0.2) is 0 Å². The molecule has 3 unspecified atom stereocenters. The molecule has 1 aliphatic carbocycles. The lowest BCUT2D eigenvalue weighted by Crippen LogP contribution is -2.12. The van der Waals surface area contributed by atoms with Crippen LogP contribution in [0.1, 0.15) is 80.1 Å². The van der Waals surface area contributed by atoms with Gasteiger partial charge in [-0.3, -0.25) is 0 Å². The Morgan fingerprint density at radius 3 is 1.90 bits per heavy atom. The van der Waals surface area contributed by atoms with Gasteiger partial charge in [-0.2, -0.15) is 0 Å². The molecule has 0 bridgehead atoms. The van der Waals surface area contributed by atoms with Crippen LogP contribution < -0.4 is 0 Å². The molecular weight excluding hydrogens is 240 g/mol. The van der Waals surface area contributed by atoms with Crippen LogP contribution >= 0.6 is 0 Å². The van der Waals surface area contributed by atoms with Gasteiger partial charge in [0.2, 0.25) is 0 Å². The normalized spacial score (nSPS) is 20.4. The molecule has 0 spiro atoms. The van der Waals surface area contributed by atoms with Gasteiger partial charge in [0.05, 0.1) is 0 Å². The van der Waals surface area contributed by atoms with Crippen molar-refractivity contribution in [2.75, 3.05) is 0 Å². The molecule has 3 atom stereocenters. The van der Waals surface area contributed by atoms with Crippen molar-refractivity contribution in [3.8, 4) is 0 Å². The first-order chi connectivity index (χ1) is 9.40. The van der Waals surface area contributed by atoms with Gasteiger partial charge in [0.1, 0.15) is 0 Å². The van der Waals surface area contributed by atoms with E-state index in [1.807, 2.05) is 0 Å². The quantitative estimate of drug-likeness (QED) is 0.458. The average molecular weight is 277 g/mol. The first kappa shape index (κ1) is 17.5. The molecule has 0 aliphatic heterocycles. The van der Waals surface area contributed by atoms with Crippen LogP contribution in [-0.2, 0) is 0 Å².